The van der Waals surface area contributed by atoms with Crippen molar-refractivity contribution >= 4 is 0 Å². The van der Waals surface area contributed by atoms with Gasteiger partial charge in [0.1, 0.15) is 0 Å². The predicted octanol–water partition coefficient (Wildman–Crippen LogP) is 2.71. The van der Waals surface area contributed by atoms with E-state index in [-0.39, 0.29) is 12.1 Å². The van der Waals surface area contributed by atoms with E-state index in [1.54, 1.807) is 0 Å². The first kappa shape index (κ1) is 15.9. The Morgan fingerprint density at radius 1 is 1.12 bits per heavy atom. The average molecular weight is 230 g/mol. The monoisotopic (exact) mass is 230 g/mol. The third kappa shape index (κ3) is 5.28. The van der Waals surface area contributed by atoms with Gasteiger partial charge in [-0.05, 0) is 25.2 Å². The molecule has 0 amide bonds. The minimum absolute atomic E-state index is 0.218. The number of hydrogen-bond acceptors (Lipinski definition) is 3. The second-order valence-electron chi connectivity index (χ2n) is 4.86. The van der Waals surface area contributed by atoms with E-state index < -0.39 is 0 Å². The molecule has 0 rings (SSSR count). The lowest BCUT2D eigenvalue weighted by Gasteiger charge is -2.31. The van der Waals surface area contributed by atoms with Gasteiger partial charge >= 0.3 is 0 Å². The van der Waals surface area contributed by atoms with Crippen LogP contribution < -0.4 is 11.3 Å². The summed E-state index contributed by atoms with van der Waals surface area (Å²) in [6.45, 7) is 11.7. The van der Waals surface area contributed by atoms with Crippen LogP contribution in [0.1, 0.15) is 53.9 Å². The van der Waals surface area contributed by atoms with E-state index in [1.807, 2.05) is 6.92 Å². The molecule has 2 unspecified atom stereocenters. The van der Waals surface area contributed by atoms with Crippen molar-refractivity contribution in [1.29, 1.82) is 0 Å². The van der Waals surface area contributed by atoms with E-state index in [0.717, 1.165) is 18.9 Å². The van der Waals surface area contributed by atoms with E-state index in [2.05, 4.69) is 33.1 Å². The van der Waals surface area contributed by atoms with Gasteiger partial charge in [0.15, 0.2) is 0 Å². The molecule has 3 nitrogen and oxygen atoms in total. The van der Waals surface area contributed by atoms with Crippen molar-refractivity contribution in [2.24, 2.45) is 17.7 Å². The minimum atomic E-state index is 0.218. The van der Waals surface area contributed by atoms with Crippen molar-refractivity contribution in [2.75, 3.05) is 6.61 Å². The summed E-state index contributed by atoms with van der Waals surface area (Å²) in [5, 5.41) is 0. The van der Waals surface area contributed by atoms with Crippen LogP contribution in [0.4, 0.5) is 0 Å². The SMILES string of the molecule is CCOC(C(C)C)C(CC(CC)CC)NN. The fourth-order valence-electron chi connectivity index (χ4n) is 2.24. The number of nitrogens with one attached hydrogen (secondary N) is 1. The normalized spacial score (nSPS) is 15.8. The molecule has 0 aliphatic heterocycles. The highest BCUT2D eigenvalue weighted by molar-refractivity contribution is 4.80. The van der Waals surface area contributed by atoms with Crippen molar-refractivity contribution in [1.82, 2.24) is 5.43 Å². The van der Waals surface area contributed by atoms with Crippen LogP contribution in [0, 0.1) is 11.8 Å². The Hall–Kier alpha value is -0.120. The molecule has 0 fully saturated rings. The van der Waals surface area contributed by atoms with E-state index in [0.29, 0.717) is 5.92 Å². The lowest BCUT2D eigenvalue weighted by molar-refractivity contribution is -0.00275. The van der Waals surface area contributed by atoms with Crippen LogP contribution >= 0.6 is 0 Å². The maximum atomic E-state index is 5.80. The molecule has 0 radical (unpaired) electrons. The molecule has 0 aliphatic carbocycles. The number of nitrogens with two attached hydrogens (primary N) is 1. The summed E-state index contributed by atoms with van der Waals surface area (Å²) in [5.41, 5.74) is 2.94. The summed E-state index contributed by atoms with van der Waals surface area (Å²) in [5.74, 6) is 6.90. The van der Waals surface area contributed by atoms with Gasteiger partial charge in [-0.15, -0.1) is 0 Å². The first-order valence-corrected chi connectivity index (χ1v) is 6.68. The van der Waals surface area contributed by atoms with Crippen LogP contribution in [0.2, 0.25) is 0 Å². The van der Waals surface area contributed by atoms with Crippen molar-refractivity contribution in [3.63, 3.8) is 0 Å². The Bertz CT molecular complexity index is 158. The molecule has 0 spiro atoms. The zero-order chi connectivity index (χ0) is 12.6. The van der Waals surface area contributed by atoms with Crippen LogP contribution in [-0.2, 0) is 4.74 Å². The number of hydrogen-bond donors (Lipinski definition) is 2. The maximum absolute atomic E-state index is 5.80. The molecule has 3 N–H and O–H groups in total. The second kappa shape index (κ2) is 8.97. The Balaban J connectivity index is 4.40. The highest BCUT2D eigenvalue weighted by Crippen LogP contribution is 2.21. The quantitative estimate of drug-likeness (QED) is 0.473. The Labute approximate surface area is 101 Å². The minimum Gasteiger partial charge on any atom is -0.377 e. The van der Waals surface area contributed by atoms with Crippen molar-refractivity contribution in [3.05, 3.63) is 0 Å². The van der Waals surface area contributed by atoms with Crippen LogP contribution in [0.3, 0.4) is 0 Å². The molecular weight excluding hydrogens is 200 g/mol. The molecule has 0 heterocycles. The molecule has 2 atom stereocenters. The molecule has 0 aromatic heterocycles. The fourth-order valence-corrected chi connectivity index (χ4v) is 2.24. The highest BCUT2D eigenvalue weighted by atomic mass is 16.5. The van der Waals surface area contributed by atoms with Crippen molar-refractivity contribution < 1.29 is 4.74 Å². The van der Waals surface area contributed by atoms with Gasteiger partial charge in [0, 0.05) is 12.6 Å². The van der Waals surface area contributed by atoms with Gasteiger partial charge in [-0.1, -0.05) is 40.5 Å². The lowest BCUT2D eigenvalue weighted by Crippen LogP contribution is -2.48. The first-order valence-electron chi connectivity index (χ1n) is 6.68. The summed E-state index contributed by atoms with van der Waals surface area (Å²) >= 11 is 0. The largest absolute Gasteiger partial charge is 0.377 e. The fraction of sp³-hybridized carbons (Fsp3) is 1.00. The molecule has 98 valence electrons. The van der Waals surface area contributed by atoms with Crippen molar-refractivity contribution in [2.45, 2.75) is 66.0 Å². The van der Waals surface area contributed by atoms with Crippen molar-refractivity contribution in [3.8, 4) is 0 Å². The maximum Gasteiger partial charge on any atom is 0.0764 e. The molecule has 0 aromatic rings. The van der Waals surface area contributed by atoms with Crippen LogP contribution in [0.15, 0.2) is 0 Å². The van der Waals surface area contributed by atoms with Gasteiger partial charge < -0.3 is 4.74 Å². The molecular formula is C13H30N2O. The predicted molar refractivity (Wildman–Crippen MR) is 70.1 cm³/mol. The van der Waals surface area contributed by atoms with E-state index >= 15 is 0 Å². The highest BCUT2D eigenvalue weighted by Gasteiger charge is 2.25. The molecule has 0 aromatic carbocycles. The third-order valence-corrected chi connectivity index (χ3v) is 3.37. The Morgan fingerprint density at radius 3 is 2.00 bits per heavy atom. The molecule has 16 heavy (non-hydrogen) atoms. The van der Waals surface area contributed by atoms with E-state index in [9.17, 15) is 0 Å². The standard InChI is InChI=1S/C13H30N2O/c1-6-11(7-2)9-12(15-14)13(10(4)5)16-8-3/h10-13,15H,6-9,14H2,1-5H3. The van der Waals surface area contributed by atoms with Gasteiger partial charge in [0.2, 0.25) is 0 Å². The third-order valence-electron chi connectivity index (χ3n) is 3.37. The number of ether oxygens (including phenoxy) is 1. The lowest BCUT2D eigenvalue weighted by atomic mass is 9.89. The molecule has 0 saturated heterocycles. The summed E-state index contributed by atoms with van der Waals surface area (Å²) in [7, 11) is 0. The Morgan fingerprint density at radius 2 is 1.69 bits per heavy atom. The summed E-state index contributed by atoms with van der Waals surface area (Å²) in [6, 6.07) is 0.268. The van der Waals surface area contributed by atoms with Crippen LogP contribution in [0.5, 0.6) is 0 Å². The summed E-state index contributed by atoms with van der Waals surface area (Å²) in [4.78, 5) is 0. The summed E-state index contributed by atoms with van der Waals surface area (Å²) in [6.07, 6.45) is 3.75. The zero-order valence-electron chi connectivity index (χ0n) is 11.6. The van der Waals surface area contributed by atoms with Crippen LogP contribution in [-0.4, -0.2) is 18.8 Å². The second-order valence-corrected chi connectivity index (χ2v) is 4.86. The molecule has 0 saturated carbocycles. The molecule has 0 aliphatic rings. The first-order chi connectivity index (χ1) is 7.60. The van der Waals surface area contributed by atoms with Gasteiger partial charge in [0.05, 0.1) is 6.10 Å². The van der Waals surface area contributed by atoms with Gasteiger partial charge in [-0.3, -0.25) is 11.3 Å². The van der Waals surface area contributed by atoms with Gasteiger partial charge in [0.25, 0.3) is 0 Å². The summed E-state index contributed by atoms with van der Waals surface area (Å²) < 4.78 is 5.80. The number of hydrazine groups is 1. The van der Waals surface area contributed by atoms with Gasteiger partial charge in [-0.25, -0.2) is 0 Å². The average Bonchev–Trinajstić information content (AvgIpc) is 2.28. The van der Waals surface area contributed by atoms with E-state index in [1.165, 1.54) is 12.8 Å². The van der Waals surface area contributed by atoms with Crippen LogP contribution in [0.25, 0.3) is 0 Å². The topological polar surface area (TPSA) is 47.3 Å². The van der Waals surface area contributed by atoms with Gasteiger partial charge in [-0.2, -0.15) is 0 Å². The molecule has 3 heteroatoms. The Kier molecular flexibility index (Phi) is 8.90. The smallest absolute Gasteiger partial charge is 0.0764 e. The molecule has 0 bridgehead atoms. The van der Waals surface area contributed by atoms with E-state index in [4.69, 9.17) is 10.6 Å². The zero-order valence-corrected chi connectivity index (χ0v) is 11.6. The number of rotatable bonds is 9.